The Kier molecular flexibility index (Phi) is 4.91. The smallest absolute Gasteiger partial charge is 0.310 e. The molecule has 1 aliphatic rings. The Bertz CT molecular complexity index is 484. The minimum Gasteiger partial charge on any atom is -0.310 e. The number of halogens is 4. The standard InChI is InChI=1S/C16H21F4N/c1-10-3-4-15(11(2)5-10)21-9-12-6-13(16(18,19)20)8-14(17)7-12/h6-8,10-11,15,21H,3-5,9H2,1-2H3. The molecule has 0 heterocycles. The van der Waals surface area contributed by atoms with E-state index in [9.17, 15) is 17.6 Å². The van der Waals surface area contributed by atoms with Crippen LogP contribution in [-0.4, -0.2) is 6.04 Å². The molecule has 1 saturated carbocycles. The number of alkyl halides is 3. The number of rotatable bonds is 3. The predicted molar refractivity (Wildman–Crippen MR) is 74.2 cm³/mol. The van der Waals surface area contributed by atoms with Crippen LogP contribution in [0, 0.1) is 17.7 Å². The highest BCUT2D eigenvalue weighted by Crippen LogP contribution is 2.31. The summed E-state index contributed by atoms with van der Waals surface area (Å²) in [6, 6.07) is 3.01. The van der Waals surface area contributed by atoms with Crippen molar-refractivity contribution in [1.82, 2.24) is 5.32 Å². The maximum Gasteiger partial charge on any atom is 0.416 e. The van der Waals surface area contributed by atoms with E-state index in [1.807, 2.05) is 0 Å². The number of benzene rings is 1. The van der Waals surface area contributed by atoms with Crippen LogP contribution in [0.4, 0.5) is 17.6 Å². The maximum atomic E-state index is 13.3. The van der Waals surface area contributed by atoms with Crippen molar-refractivity contribution in [1.29, 1.82) is 0 Å². The molecule has 3 unspecified atom stereocenters. The summed E-state index contributed by atoms with van der Waals surface area (Å²) in [5.41, 5.74) is -0.585. The molecule has 0 spiro atoms. The van der Waals surface area contributed by atoms with Crippen molar-refractivity contribution in [3.05, 3.63) is 35.1 Å². The van der Waals surface area contributed by atoms with Crippen LogP contribution in [-0.2, 0) is 12.7 Å². The van der Waals surface area contributed by atoms with Gasteiger partial charge in [-0.25, -0.2) is 4.39 Å². The monoisotopic (exact) mass is 303 g/mol. The van der Waals surface area contributed by atoms with Gasteiger partial charge in [0.25, 0.3) is 0 Å². The van der Waals surface area contributed by atoms with Gasteiger partial charge >= 0.3 is 6.18 Å². The van der Waals surface area contributed by atoms with Crippen LogP contribution in [0.25, 0.3) is 0 Å². The van der Waals surface area contributed by atoms with Gasteiger partial charge in [-0.2, -0.15) is 13.2 Å². The highest BCUT2D eigenvalue weighted by molar-refractivity contribution is 5.26. The third-order valence-corrected chi connectivity index (χ3v) is 4.28. The van der Waals surface area contributed by atoms with Crippen molar-refractivity contribution in [2.75, 3.05) is 0 Å². The van der Waals surface area contributed by atoms with Crippen LogP contribution in [0.5, 0.6) is 0 Å². The lowest BCUT2D eigenvalue weighted by molar-refractivity contribution is -0.137. The van der Waals surface area contributed by atoms with Gasteiger partial charge in [0.05, 0.1) is 5.56 Å². The normalized spacial score (nSPS) is 26.9. The zero-order valence-corrected chi connectivity index (χ0v) is 12.3. The Morgan fingerprint density at radius 1 is 1.14 bits per heavy atom. The molecular weight excluding hydrogens is 282 g/mol. The molecule has 1 N–H and O–H groups in total. The molecule has 1 aliphatic carbocycles. The topological polar surface area (TPSA) is 12.0 Å². The van der Waals surface area contributed by atoms with Gasteiger partial charge in [-0.1, -0.05) is 13.8 Å². The third kappa shape index (κ3) is 4.43. The summed E-state index contributed by atoms with van der Waals surface area (Å²) in [5.74, 6) is 0.348. The molecule has 0 radical (unpaired) electrons. The molecule has 0 aromatic heterocycles. The van der Waals surface area contributed by atoms with Crippen molar-refractivity contribution in [3.8, 4) is 0 Å². The molecule has 118 valence electrons. The van der Waals surface area contributed by atoms with E-state index in [1.165, 1.54) is 6.07 Å². The lowest BCUT2D eigenvalue weighted by Crippen LogP contribution is -2.38. The Morgan fingerprint density at radius 2 is 1.86 bits per heavy atom. The van der Waals surface area contributed by atoms with Gasteiger partial charge in [-0.3, -0.25) is 0 Å². The second-order valence-corrected chi connectivity index (χ2v) is 6.23. The third-order valence-electron chi connectivity index (χ3n) is 4.28. The van der Waals surface area contributed by atoms with Crippen molar-refractivity contribution >= 4 is 0 Å². The van der Waals surface area contributed by atoms with Gasteiger partial charge in [0, 0.05) is 12.6 Å². The van der Waals surface area contributed by atoms with E-state index in [0.717, 1.165) is 25.3 Å². The zero-order chi connectivity index (χ0) is 15.6. The van der Waals surface area contributed by atoms with Crippen LogP contribution >= 0.6 is 0 Å². The first-order chi connectivity index (χ1) is 9.75. The van der Waals surface area contributed by atoms with Crippen molar-refractivity contribution in [2.45, 2.75) is 51.9 Å². The van der Waals surface area contributed by atoms with E-state index in [0.29, 0.717) is 29.5 Å². The molecule has 1 nitrogen and oxygen atoms in total. The molecule has 3 atom stereocenters. The number of hydrogen-bond donors (Lipinski definition) is 1. The molecule has 0 amide bonds. The van der Waals surface area contributed by atoms with E-state index in [2.05, 4.69) is 19.2 Å². The Labute approximate surface area is 122 Å². The summed E-state index contributed by atoms with van der Waals surface area (Å²) in [7, 11) is 0. The first kappa shape index (κ1) is 16.3. The summed E-state index contributed by atoms with van der Waals surface area (Å²) in [6.45, 7) is 4.64. The van der Waals surface area contributed by atoms with Gasteiger partial charge in [-0.05, 0) is 54.9 Å². The highest BCUT2D eigenvalue weighted by atomic mass is 19.4. The molecular formula is C16H21F4N. The molecule has 5 heteroatoms. The lowest BCUT2D eigenvalue weighted by atomic mass is 9.80. The van der Waals surface area contributed by atoms with E-state index < -0.39 is 17.6 Å². The summed E-state index contributed by atoms with van der Waals surface area (Å²) < 4.78 is 51.3. The molecule has 1 aromatic carbocycles. The second kappa shape index (κ2) is 6.34. The fourth-order valence-corrected chi connectivity index (χ4v) is 3.13. The van der Waals surface area contributed by atoms with Gasteiger partial charge < -0.3 is 5.32 Å². The maximum absolute atomic E-state index is 13.3. The molecule has 2 rings (SSSR count). The van der Waals surface area contributed by atoms with Gasteiger partial charge in [-0.15, -0.1) is 0 Å². The average molecular weight is 303 g/mol. The molecule has 0 bridgehead atoms. The van der Waals surface area contributed by atoms with E-state index in [-0.39, 0.29) is 6.54 Å². The summed E-state index contributed by atoms with van der Waals surface area (Å²) >= 11 is 0. The van der Waals surface area contributed by atoms with Gasteiger partial charge in [0.15, 0.2) is 0 Å². The van der Waals surface area contributed by atoms with Gasteiger partial charge in [0.1, 0.15) is 5.82 Å². The minimum absolute atomic E-state index is 0.268. The predicted octanol–water partition coefficient (Wildman–Crippen LogP) is 4.76. The summed E-state index contributed by atoms with van der Waals surface area (Å²) in [5, 5.41) is 3.28. The second-order valence-electron chi connectivity index (χ2n) is 6.23. The van der Waals surface area contributed by atoms with Gasteiger partial charge in [0.2, 0.25) is 0 Å². The highest BCUT2D eigenvalue weighted by Gasteiger charge is 2.31. The van der Waals surface area contributed by atoms with E-state index >= 15 is 0 Å². The lowest BCUT2D eigenvalue weighted by Gasteiger charge is -2.33. The quantitative estimate of drug-likeness (QED) is 0.794. The molecule has 1 aromatic rings. The first-order valence-corrected chi connectivity index (χ1v) is 7.35. The Morgan fingerprint density at radius 3 is 2.48 bits per heavy atom. The van der Waals surface area contributed by atoms with Crippen LogP contribution in [0.1, 0.15) is 44.2 Å². The zero-order valence-electron chi connectivity index (χ0n) is 12.3. The van der Waals surface area contributed by atoms with Crippen molar-refractivity contribution in [3.63, 3.8) is 0 Å². The molecule has 0 saturated heterocycles. The first-order valence-electron chi connectivity index (χ1n) is 7.35. The fraction of sp³-hybridized carbons (Fsp3) is 0.625. The van der Waals surface area contributed by atoms with E-state index in [4.69, 9.17) is 0 Å². The van der Waals surface area contributed by atoms with Crippen molar-refractivity contribution in [2.24, 2.45) is 11.8 Å². The van der Waals surface area contributed by atoms with E-state index in [1.54, 1.807) is 0 Å². The largest absolute Gasteiger partial charge is 0.416 e. The molecule has 21 heavy (non-hydrogen) atoms. The summed E-state index contributed by atoms with van der Waals surface area (Å²) in [4.78, 5) is 0. The van der Waals surface area contributed by atoms with Crippen LogP contribution < -0.4 is 5.32 Å². The van der Waals surface area contributed by atoms with Crippen molar-refractivity contribution < 1.29 is 17.6 Å². The Balaban J connectivity index is 2.02. The number of hydrogen-bond acceptors (Lipinski definition) is 1. The fourth-order valence-electron chi connectivity index (χ4n) is 3.13. The minimum atomic E-state index is -4.51. The molecule has 1 fully saturated rings. The summed E-state index contributed by atoms with van der Waals surface area (Å²) in [6.07, 6.45) is -1.25. The average Bonchev–Trinajstić information content (AvgIpc) is 2.36. The SMILES string of the molecule is CC1CCC(NCc2cc(F)cc(C(F)(F)F)c2)C(C)C1. The Hall–Kier alpha value is -1.10. The van der Waals surface area contributed by atoms with Crippen LogP contribution in [0.3, 0.4) is 0 Å². The number of nitrogens with one attached hydrogen (secondary N) is 1. The van der Waals surface area contributed by atoms with Crippen LogP contribution in [0.15, 0.2) is 18.2 Å². The van der Waals surface area contributed by atoms with Crippen LogP contribution in [0.2, 0.25) is 0 Å². The molecule has 0 aliphatic heterocycles.